The first kappa shape index (κ1) is 16.2. The number of hydrogen-bond donors (Lipinski definition) is 0. The largest absolute Gasteiger partial charge is 0.368 e. The SMILES string of the molecule is c1cc(N2CCN(CCc3ccc4ncsc4c3)CC2)c2ccsc2c1. The van der Waals surface area contributed by atoms with Crippen molar-refractivity contribution in [2.45, 2.75) is 6.42 Å². The summed E-state index contributed by atoms with van der Waals surface area (Å²) in [5, 5.41) is 3.61. The molecule has 3 nitrogen and oxygen atoms in total. The lowest BCUT2D eigenvalue weighted by molar-refractivity contribution is 0.261. The topological polar surface area (TPSA) is 19.4 Å². The molecule has 1 saturated heterocycles. The molecule has 0 aliphatic carbocycles. The van der Waals surface area contributed by atoms with Gasteiger partial charge in [-0.3, -0.25) is 4.90 Å². The van der Waals surface area contributed by atoms with Gasteiger partial charge in [-0.05, 0) is 47.7 Å². The number of hydrogen-bond acceptors (Lipinski definition) is 5. The molecule has 2 aromatic carbocycles. The van der Waals surface area contributed by atoms with Crippen LogP contribution < -0.4 is 4.90 Å². The number of piperazine rings is 1. The summed E-state index contributed by atoms with van der Waals surface area (Å²) in [6.07, 6.45) is 1.12. The van der Waals surface area contributed by atoms with Crippen molar-refractivity contribution in [2.24, 2.45) is 0 Å². The van der Waals surface area contributed by atoms with Gasteiger partial charge < -0.3 is 4.90 Å². The van der Waals surface area contributed by atoms with E-state index in [1.807, 2.05) is 16.8 Å². The Labute approximate surface area is 161 Å². The minimum absolute atomic E-state index is 1.11. The molecular weight excluding hydrogens is 358 g/mol. The van der Waals surface area contributed by atoms with Crippen molar-refractivity contribution in [2.75, 3.05) is 37.6 Å². The molecule has 0 amide bonds. The first-order valence-electron chi connectivity index (χ1n) is 9.12. The van der Waals surface area contributed by atoms with Crippen LogP contribution in [0.4, 0.5) is 5.69 Å². The van der Waals surface area contributed by atoms with E-state index < -0.39 is 0 Å². The summed E-state index contributed by atoms with van der Waals surface area (Å²) < 4.78 is 2.69. The zero-order valence-corrected chi connectivity index (χ0v) is 16.2. The summed E-state index contributed by atoms with van der Waals surface area (Å²) in [6.45, 7) is 5.65. The van der Waals surface area contributed by atoms with E-state index in [0.29, 0.717) is 0 Å². The van der Waals surface area contributed by atoms with Crippen LogP contribution in [-0.4, -0.2) is 42.6 Å². The molecule has 2 aromatic heterocycles. The summed E-state index contributed by atoms with van der Waals surface area (Å²) in [6, 6.07) is 15.6. The molecule has 0 unspecified atom stereocenters. The number of thiazole rings is 1. The standard InChI is InChI=1S/C21H21N3S2/c1-2-19(17-7-13-25-20(17)3-1)24-11-9-23(10-12-24)8-6-16-4-5-18-21(14-16)26-15-22-18/h1-5,7,13-15H,6,8-12H2. The van der Waals surface area contributed by atoms with Crippen LogP contribution in [0.15, 0.2) is 53.4 Å². The molecule has 0 radical (unpaired) electrons. The van der Waals surface area contributed by atoms with Crippen LogP contribution in [0.25, 0.3) is 20.3 Å². The Kier molecular flexibility index (Phi) is 4.36. The van der Waals surface area contributed by atoms with Gasteiger partial charge in [-0.2, -0.15) is 0 Å². The number of aromatic nitrogens is 1. The fourth-order valence-electron chi connectivity index (χ4n) is 3.81. The Morgan fingerprint density at radius 1 is 0.923 bits per heavy atom. The molecular formula is C21H21N3S2. The maximum absolute atomic E-state index is 4.37. The molecule has 132 valence electrons. The van der Waals surface area contributed by atoms with Gasteiger partial charge in [-0.25, -0.2) is 4.98 Å². The Bertz CT molecular complexity index is 1030. The summed E-state index contributed by atoms with van der Waals surface area (Å²) in [7, 11) is 0. The molecule has 1 aliphatic rings. The van der Waals surface area contributed by atoms with Gasteiger partial charge in [0.1, 0.15) is 0 Å². The summed E-state index contributed by atoms with van der Waals surface area (Å²) in [5.74, 6) is 0. The molecule has 26 heavy (non-hydrogen) atoms. The van der Waals surface area contributed by atoms with Crippen LogP contribution in [0, 0.1) is 0 Å². The third-order valence-corrected chi connectivity index (χ3v) is 6.97. The van der Waals surface area contributed by atoms with Gasteiger partial charge in [0.05, 0.1) is 15.7 Å². The monoisotopic (exact) mass is 379 g/mol. The number of benzene rings is 2. The molecule has 0 spiro atoms. The minimum atomic E-state index is 1.11. The lowest BCUT2D eigenvalue weighted by Crippen LogP contribution is -2.47. The molecule has 1 aliphatic heterocycles. The van der Waals surface area contributed by atoms with Crippen LogP contribution in [-0.2, 0) is 6.42 Å². The van der Waals surface area contributed by atoms with Crippen LogP contribution in [0.2, 0.25) is 0 Å². The van der Waals surface area contributed by atoms with Crippen molar-refractivity contribution in [3.05, 3.63) is 58.9 Å². The van der Waals surface area contributed by atoms with Crippen LogP contribution >= 0.6 is 22.7 Å². The maximum Gasteiger partial charge on any atom is 0.0812 e. The van der Waals surface area contributed by atoms with Gasteiger partial charge in [0.25, 0.3) is 0 Å². The normalized spacial score (nSPS) is 15.9. The third kappa shape index (κ3) is 3.11. The second kappa shape index (κ2) is 6.99. The summed E-state index contributed by atoms with van der Waals surface area (Å²) in [4.78, 5) is 9.52. The lowest BCUT2D eigenvalue weighted by atomic mass is 10.1. The average Bonchev–Trinajstić information content (AvgIpc) is 3.35. The predicted molar refractivity (Wildman–Crippen MR) is 114 cm³/mol. The fourth-order valence-corrected chi connectivity index (χ4v) is 5.36. The quantitative estimate of drug-likeness (QED) is 0.504. The van der Waals surface area contributed by atoms with Gasteiger partial charge in [0, 0.05) is 48.5 Å². The number of rotatable bonds is 4. The summed E-state index contributed by atoms with van der Waals surface area (Å²) in [5.41, 5.74) is 5.88. The number of fused-ring (bicyclic) bond motifs is 2. The van der Waals surface area contributed by atoms with Crippen molar-refractivity contribution in [1.29, 1.82) is 0 Å². The van der Waals surface area contributed by atoms with Crippen LogP contribution in [0.5, 0.6) is 0 Å². The smallest absolute Gasteiger partial charge is 0.0812 e. The Morgan fingerprint density at radius 2 is 1.85 bits per heavy atom. The van der Waals surface area contributed by atoms with E-state index in [2.05, 4.69) is 62.6 Å². The second-order valence-electron chi connectivity index (χ2n) is 6.84. The number of anilines is 1. The number of nitrogens with zero attached hydrogens (tertiary/aromatic N) is 3. The van der Waals surface area contributed by atoms with E-state index in [-0.39, 0.29) is 0 Å². The third-order valence-electron chi connectivity index (χ3n) is 5.30. The van der Waals surface area contributed by atoms with E-state index in [0.717, 1.165) is 44.7 Å². The lowest BCUT2D eigenvalue weighted by Gasteiger charge is -2.36. The van der Waals surface area contributed by atoms with Gasteiger partial charge in [0.15, 0.2) is 0 Å². The molecule has 5 rings (SSSR count). The van der Waals surface area contributed by atoms with E-state index in [4.69, 9.17) is 0 Å². The van der Waals surface area contributed by atoms with Gasteiger partial charge in [0.2, 0.25) is 0 Å². The van der Waals surface area contributed by atoms with E-state index >= 15 is 0 Å². The summed E-state index contributed by atoms with van der Waals surface area (Å²) >= 11 is 3.56. The Hall–Kier alpha value is -1.95. The van der Waals surface area contributed by atoms with E-state index in [1.54, 1.807) is 11.3 Å². The average molecular weight is 380 g/mol. The molecule has 0 atom stereocenters. The molecule has 4 aromatic rings. The zero-order chi connectivity index (χ0) is 17.3. The van der Waals surface area contributed by atoms with Crippen molar-refractivity contribution in [3.63, 3.8) is 0 Å². The Morgan fingerprint density at radius 3 is 2.77 bits per heavy atom. The van der Waals surface area contributed by atoms with Crippen molar-refractivity contribution < 1.29 is 0 Å². The van der Waals surface area contributed by atoms with E-state index in [9.17, 15) is 0 Å². The highest BCUT2D eigenvalue weighted by molar-refractivity contribution is 7.17. The Balaban J connectivity index is 1.21. The van der Waals surface area contributed by atoms with Crippen LogP contribution in [0.1, 0.15) is 5.56 Å². The van der Waals surface area contributed by atoms with Gasteiger partial charge >= 0.3 is 0 Å². The molecule has 3 heterocycles. The molecule has 0 bridgehead atoms. The fraction of sp³-hybridized carbons (Fsp3) is 0.286. The predicted octanol–water partition coefficient (Wildman–Crippen LogP) is 4.88. The van der Waals surface area contributed by atoms with E-state index in [1.165, 1.54) is 26.0 Å². The second-order valence-corrected chi connectivity index (χ2v) is 8.68. The van der Waals surface area contributed by atoms with Crippen molar-refractivity contribution in [1.82, 2.24) is 9.88 Å². The minimum Gasteiger partial charge on any atom is -0.368 e. The van der Waals surface area contributed by atoms with Gasteiger partial charge in [-0.1, -0.05) is 12.1 Å². The first-order chi connectivity index (χ1) is 12.9. The van der Waals surface area contributed by atoms with Gasteiger partial charge in [-0.15, -0.1) is 22.7 Å². The molecule has 0 saturated carbocycles. The van der Waals surface area contributed by atoms with Crippen molar-refractivity contribution in [3.8, 4) is 0 Å². The molecule has 1 fully saturated rings. The van der Waals surface area contributed by atoms with Crippen LogP contribution in [0.3, 0.4) is 0 Å². The highest BCUT2D eigenvalue weighted by Crippen LogP contribution is 2.31. The number of thiophene rings is 1. The maximum atomic E-state index is 4.37. The van der Waals surface area contributed by atoms with Crippen molar-refractivity contribution >= 4 is 48.7 Å². The zero-order valence-electron chi connectivity index (χ0n) is 14.6. The highest BCUT2D eigenvalue weighted by atomic mass is 32.1. The highest BCUT2D eigenvalue weighted by Gasteiger charge is 2.18. The first-order valence-corrected chi connectivity index (χ1v) is 10.9. The molecule has 0 N–H and O–H groups in total. The molecule has 5 heteroatoms.